The third-order valence-electron chi connectivity index (χ3n) is 2.98. The monoisotopic (exact) mass is 368 g/mol. The fourth-order valence-electron chi connectivity index (χ4n) is 1.88. The Morgan fingerprint density at radius 1 is 1.19 bits per heavy atom. The standard InChI is InChI=1S/C15H18BrClN4/c1-4-7-18-14-9(2)15(20-10(3)19-14)21-13-6-5-11(16)8-12(13)17/h5-6,8H,4,7H2,1-3H3,(H2,18,19,20,21). The number of nitrogens with zero attached hydrogens (tertiary/aromatic N) is 2. The van der Waals surface area contributed by atoms with Crippen LogP contribution < -0.4 is 10.6 Å². The van der Waals surface area contributed by atoms with E-state index in [1.54, 1.807) is 0 Å². The first-order valence-corrected chi connectivity index (χ1v) is 7.99. The quantitative estimate of drug-likeness (QED) is 0.772. The van der Waals surface area contributed by atoms with Gasteiger partial charge in [-0.2, -0.15) is 0 Å². The summed E-state index contributed by atoms with van der Waals surface area (Å²) in [4.78, 5) is 8.91. The van der Waals surface area contributed by atoms with Gasteiger partial charge in [-0.15, -0.1) is 0 Å². The van der Waals surface area contributed by atoms with Crippen LogP contribution in [-0.4, -0.2) is 16.5 Å². The van der Waals surface area contributed by atoms with Crippen LogP contribution >= 0.6 is 27.5 Å². The van der Waals surface area contributed by atoms with Gasteiger partial charge in [-0.05, 0) is 38.5 Å². The molecular weight excluding hydrogens is 352 g/mol. The Balaban J connectivity index is 2.32. The van der Waals surface area contributed by atoms with Crippen LogP contribution in [0.5, 0.6) is 0 Å². The molecule has 0 aliphatic carbocycles. The molecule has 0 aliphatic heterocycles. The second kappa shape index (κ2) is 7.09. The number of nitrogens with one attached hydrogen (secondary N) is 2. The van der Waals surface area contributed by atoms with Crippen molar-refractivity contribution in [3.63, 3.8) is 0 Å². The molecule has 0 atom stereocenters. The average molecular weight is 370 g/mol. The molecular formula is C15H18BrClN4. The maximum atomic E-state index is 6.24. The van der Waals surface area contributed by atoms with Crippen molar-refractivity contribution in [1.82, 2.24) is 9.97 Å². The van der Waals surface area contributed by atoms with Crippen molar-refractivity contribution in [1.29, 1.82) is 0 Å². The Labute approximate surface area is 138 Å². The fourth-order valence-corrected chi connectivity index (χ4v) is 2.60. The molecule has 21 heavy (non-hydrogen) atoms. The second-order valence-electron chi connectivity index (χ2n) is 4.77. The third kappa shape index (κ3) is 4.08. The van der Waals surface area contributed by atoms with Crippen molar-refractivity contribution in [3.8, 4) is 0 Å². The number of aryl methyl sites for hydroxylation is 1. The van der Waals surface area contributed by atoms with Crippen LogP contribution in [0, 0.1) is 13.8 Å². The van der Waals surface area contributed by atoms with Gasteiger partial charge in [0, 0.05) is 16.6 Å². The zero-order chi connectivity index (χ0) is 15.4. The summed E-state index contributed by atoms with van der Waals surface area (Å²) < 4.78 is 0.943. The Morgan fingerprint density at radius 3 is 2.57 bits per heavy atom. The summed E-state index contributed by atoms with van der Waals surface area (Å²) in [6, 6.07) is 5.71. The van der Waals surface area contributed by atoms with Gasteiger partial charge in [0.15, 0.2) is 0 Å². The Kier molecular flexibility index (Phi) is 5.42. The number of hydrogen-bond acceptors (Lipinski definition) is 4. The first-order valence-electron chi connectivity index (χ1n) is 6.82. The Hall–Kier alpha value is -1.33. The van der Waals surface area contributed by atoms with Gasteiger partial charge in [0.2, 0.25) is 0 Å². The van der Waals surface area contributed by atoms with Crippen molar-refractivity contribution in [2.45, 2.75) is 27.2 Å². The molecule has 1 heterocycles. The SMILES string of the molecule is CCCNc1nc(C)nc(Nc2ccc(Br)cc2Cl)c1C. The van der Waals surface area contributed by atoms with Crippen LogP contribution in [0.1, 0.15) is 24.7 Å². The molecule has 1 aromatic carbocycles. The van der Waals surface area contributed by atoms with Crippen molar-refractivity contribution in [3.05, 3.63) is 39.1 Å². The number of hydrogen-bond donors (Lipinski definition) is 2. The minimum atomic E-state index is 0.642. The second-order valence-corrected chi connectivity index (χ2v) is 6.09. The lowest BCUT2D eigenvalue weighted by molar-refractivity contribution is 0.948. The van der Waals surface area contributed by atoms with Gasteiger partial charge < -0.3 is 10.6 Å². The highest BCUT2D eigenvalue weighted by molar-refractivity contribution is 9.10. The van der Waals surface area contributed by atoms with Crippen molar-refractivity contribution in [2.24, 2.45) is 0 Å². The van der Waals surface area contributed by atoms with E-state index in [1.807, 2.05) is 32.0 Å². The van der Waals surface area contributed by atoms with Crippen LogP contribution in [0.3, 0.4) is 0 Å². The molecule has 0 bridgehead atoms. The number of halogens is 2. The maximum absolute atomic E-state index is 6.24. The molecule has 2 aromatic rings. The van der Waals surface area contributed by atoms with Gasteiger partial charge in [0.1, 0.15) is 17.5 Å². The van der Waals surface area contributed by atoms with Crippen LogP contribution in [0.4, 0.5) is 17.3 Å². The van der Waals surface area contributed by atoms with E-state index < -0.39 is 0 Å². The van der Waals surface area contributed by atoms with Gasteiger partial charge in [0.05, 0.1) is 10.7 Å². The van der Waals surface area contributed by atoms with E-state index in [4.69, 9.17) is 11.6 Å². The predicted octanol–water partition coefficient (Wildman–Crippen LogP) is 5.07. The lowest BCUT2D eigenvalue weighted by Crippen LogP contribution is -2.09. The summed E-state index contributed by atoms with van der Waals surface area (Å²) in [5, 5.41) is 7.24. The van der Waals surface area contributed by atoms with E-state index in [2.05, 4.69) is 43.5 Å². The van der Waals surface area contributed by atoms with Crippen molar-refractivity contribution >= 4 is 44.9 Å². The normalized spacial score (nSPS) is 10.5. The molecule has 0 amide bonds. The van der Waals surface area contributed by atoms with E-state index in [1.165, 1.54) is 0 Å². The van der Waals surface area contributed by atoms with Gasteiger partial charge >= 0.3 is 0 Å². The maximum Gasteiger partial charge on any atom is 0.139 e. The first-order chi connectivity index (χ1) is 10.0. The summed E-state index contributed by atoms with van der Waals surface area (Å²) in [7, 11) is 0. The zero-order valence-corrected chi connectivity index (χ0v) is 14.6. The van der Waals surface area contributed by atoms with E-state index in [0.29, 0.717) is 5.02 Å². The average Bonchev–Trinajstić information content (AvgIpc) is 2.43. The summed E-state index contributed by atoms with van der Waals surface area (Å²) in [6.07, 6.45) is 1.05. The highest BCUT2D eigenvalue weighted by atomic mass is 79.9. The van der Waals surface area contributed by atoms with Crippen LogP contribution in [0.15, 0.2) is 22.7 Å². The van der Waals surface area contributed by atoms with Crippen molar-refractivity contribution in [2.75, 3.05) is 17.2 Å². The molecule has 0 radical (unpaired) electrons. The molecule has 2 N–H and O–H groups in total. The van der Waals surface area contributed by atoms with Gasteiger partial charge in [-0.25, -0.2) is 9.97 Å². The number of anilines is 3. The van der Waals surface area contributed by atoms with Crippen LogP contribution in [0.2, 0.25) is 5.02 Å². The smallest absolute Gasteiger partial charge is 0.139 e. The summed E-state index contributed by atoms with van der Waals surface area (Å²) >= 11 is 9.64. The number of benzene rings is 1. The van der Waals surface area contributed by atoms with Gasteiger partial charge in [-0.1, -0.05) is 34.5 Å². The van der Waals surface area contributed by atoms with E-state index >= 15 is 0 Å². The molecule has 1 aromatic heterocycles. The van der Waals surface area contributed by atoms with E-state index in [9.17, 15) is 0 Å². The first kappa shape index (κ1) is 16.0. The lowest BCUT2D eigenvalue weighted by atomic mass is 10.2. The minimum Gasteiger partial charge on any atom is -0.370 e. The number of rotatable bonds is 5. The minimum absolute atomic E-state index is 0.642. The van der Waals surface area contributed by atoms with Crippen LogP contribution in [0.25, 0.3) is 0 Å². The Bertz CT molecular complexity index is 646. The molecule has 2 rings (SSSR count). The molecule has 112 valence electrons. The molecule has 0 saturated carbocycles. The topological polar surface area (TPSA) is 49.8 Å². The molecule has 0 fully saturated rings. The Morgan fingerprint density at radius 2 is 1.90 bits per heavy atom. The largest absolute Gasteiger partial charge is 0.370 e. The summed E-state index contributed by atoms with van der Waals surface area (Å²) in [6.45, 7) is 6.88. The van der Waals surface area contributed by atoms with Gasteiger partial charge in [-0.3, -0.25) is 0 Å². The van der Waals surface area contributed by atoms with E-state index in [-0.39, 0.29) is 0 Å². The highest BCUT2D eigenvalue weighted by Gasteiger charge is 2.10. The molecule has 0 aliphatic rings. The molecule has 4 nitrogen and oxygen atoms in total. The third-order valence-corrected chi connectivity index (χ3v) is 3.79. The predicted molar refractivity (Wildman–Crippen MR) is 92.7 cm³/mol. The highest BCUT2D eigenvalue weighted by Crippen LogP contribution is 2.30. The van der Waals surface area contributed by atoms with Crippen LogP contribution in [-0.2, 0) is 0 Å². The molecule has 0 unspecified atom stereocenters. The molecule has 6 heteroatoms. The number of aromatic nitrogens is 2. The summed E-state index contributed by atoms with van der Waals surface area (Å²) in [5.41, 5.74) is 1.80. The summed E-state index contributed by atoms with van der Waals surface area (Å²) in [5.74, 6) is 2.35. The molecule has 0 spiro atoms. The lowest BCUT2D eigenvalue weighted by Gasteiger charge is -2.14. The van der Waals surface area contributed by atoms with Gasteiger partial charge in [0.25, 0.3) is 0 Å². The van der Waals surface area contributed by atoms with Crippen molar-refractivity contribution < 1.29 is 0 Å². The zero-order valence-electron chi connectivity index (χ0n) is 12.3. The van der Waals surface area contributed by atoms with E-state index in [0.717, 1.165) is 46.1 Å². The molecule has 0 saturated heterocycles. The fraction of sp³-hybridized carbons (Fsp3) is 0.333.